The van der Waals surface area contributed by atoms with E-state index in [0.717, 1.165) is 19.3 Å². The third-order valence-corrected chi connectivity index (χ3v) is 5.90. The highest BCUT2D eigenvalue weighted by molar-refractivity contribution is 7.89. The maximum Gasteiger partial charge on any atom is 0.214 e. The van der Waals surface area contributed by atoms with Crippen LogP contribution in [0.3, 0.4) is 0 Å². The molecule has 1 saturated carbocycles. The standard InChI is InChI=1S/C10H20N2O2S/c1-2-6-15(13,14)12-5-3-4-9-7-10(9,12)8-11/h9H,2-8,11H2,1H3. The minimum Gasteiger partial charge on any atom is -0.329 e. The fourth-order valence-corrected chi connectivity index (χ4v) is 4.88. The Hall–Kier alpha value is -0.130. The largest absolute Gasteiger partial charge is 0.329 e. The predicted molar refractivity (Wildman–Crippen MR) is 59.9 cm³/mol. The first kappa shape index (κ1) is 11.4. The van der Waals surface area contributed by atoms with E-state index < -0.39 is 10.0 Å². The summed E-state index contributed by atoms with van der Waals surface area (Å²) in [5.74, 6) is 0.796. The minimum atomic E-state index is -3.06. The van der Waals surface area contributed by atoms with E-state index in [1.165, 1.54) is 0 Å². The van der Waals surface area contributed by atoms with Crippen molar-refractivity contribution in [3.8, 4) is 0 Å². The average molecular weight is 232 g/mol. The molecule has 2 N–H and O–H groups in total. The molecule has 4 nitrogen and oxygen atoms in total. The number of hydrogen-bond donors (Lipinski definition) is 1. The molecule has 0 aromatic rings. The van der Waals surface area contributed by atoms with Gasteiger partial charge in [0.05, 0.1) is 11.3 Å². The number of rotatable bonds is 4. The molecular weight excluding hydrogens is 212 g/mol. The zero-order chi connectivity index (χ0) is 11.1. The van der Waals surface area contributed by atoms with E-state index in [4.69, 9.17) is 5.73 Å². The summed E-state index contributed by atoms with van der Waals surface area (Å²) >= 11 is 0. The van der Waals surface area contributed by atoms with Crippen LogP contribution in [-0.4, -0.2) is 37.1 Å². The molecule has 88 valence electrons. The van der Waals surface area contributed by atoms with Crippen molar-refractivity contribution in [2.75, 3.05) is 18.8 Å². The molecular formula is C10H20N2O2S. The van der Waals surface area contributed by atoms with Gasteiger partial charge in [-0.05, 0) is 31.6 Å². The van der Waals surface area contributed by atoms with Crippen LogP contribution in [0.2, 0.25) is 0 Å². The summed E-state index contributed by atoms with van der Waals surface area (Å²) in [5, 5.41) is 0. The molecule has 2 aliphatic rings. The third-order valence-electron chi connectivity index (χ3n) is 3.76. The highest BCUT2D eigenvalue weighted by atomic mass is 32.2. The van der Waals surface area contributed by atoms with Crippen molar-refractivity contribution >= 4 is 10.0 Å². The number of fused-ring (bicyclic) bond motifs is 1. The molecule has 1 aliphatic heterocycles. The fourth-order valence-electron chi connectivity index (χ4n) is 2.88. The Morgan fingerprint density at radius 3 is 2.87 bits per heavy atom. The van der Waals surface area contributed by atoms with Gasteiger partial charge in [-0.25, -0.2) is 8.42 Å². The fraction of sp³-hybridized carbons (Fsp3) is 1.00. The van der Waals surface area contributed by atoms with Crippen LogP contribution in [0.25, 0.3) is 0 Å². The maximum absolute atomic E-state index is 12.1. The lowest BCUT2D eigenvalue weighted by Gasteiger charge is -2.34. The van der Waals surface area contributed by atoms with E-state index in [2.05, 4.69) is 0 Å². The second-order valence-corrected chi connectivity index (χ2v) is 6.75. The summed E-state index contributed by atoms with van der Waals surface area (Å²) < 4.78 is 25.8. The van der Waals surface area contributed by atoms with Gasteiger partial charge in [0.2, 0.25) is 10.0 Å². The Labute approximate surface area is 91.9 Å². The molecule has 0 spiro atoms. The average Bonchev–Trinajstić information content (AvgIpc) is 2.91. The van der Waals surface area contributed by atoms with Gasteiger partial charge in [-0.15, -0.1) is 0 Å². The number of sulfonamides is 1. The Bertz CT molecular complexity index is 341. The van der Waals surface area contributed by atoms with Crippen molar-refractivity contribution in [3.63, 3.8) is 0 Å². The summed E-state index contributed by atoms with van der Waals surface area (Å²) in [5.41, 5.74) is 5.57. The van der Waals surface area contributed by atoms with Crippen molar-refractivity contribution in [2.24, 2.45) is 11.7 Å². The molecule has 2 atom stereocenters. The number of nitrogens with two attached hydrogens (primary N) is 1. The first-order valence-corrected chi connectivity index (χ1v) is 7.38. The first-order chi connectivity index (χ1) is 7.07. The first-order valence-electron chi connectivity index (χ1n) is 5.77. The van der Waals surface area contributed by atoms with Gasteiger partial charge >= 0.3 is 0 Å². The summed E-state index contributed by atoms with van der Waals surface area (Å²) in [7, 11) is -3.06. The minimum absolute atomic E-state index is 0.188. The van der Waals surface area contributed by atoms with Crippen molar-refractivity contribution in [1.82, 2.24) is 4.31 Å². The lowest BCUT2D eigenvalue weighted by atomic mass is 10.1. The van der Waals surface area contributed by atoms with Crippen molar-refractivity contribution < 1.29 is 8.42 Å². The van der Waals surface area contributed by atoms with Crippen molar-refractivity contribution in [1.29, 1.82) is 0 Å². The molecule has 2 rings (SSSR count). The highest BCUT2D eigenvalue weighted by Crippen LogP contribution is 2.54. The van der Waals surface area contributed by atoms with Crippen molar-refractivity contribution in [2.45, 2.75) is 38.1 Å². The van der Waals surface area contributed by atoms with Gasteiger partial charge in [0.25, 0.3) is 0 Å². The smallest absolute Gasteiger partial charge is 0.214 e. The van der Waals surface area contributed by atoms with Gasteiger partial charge in [-0.1, -0.05) is 6.92 Å². The molecule has 0 aromatic carbocycles. The molecule has 1 saturated heterocycles. The van der Waals surface area contributed by atoms with Crippen LogP contribution < -0.4 is 5.73 Å². The van der Waals surface area contributed by atoms with Crippen LogP contribution in [-0.2, 0) is 10.0 Å². The zero-order valence-corrected chi connectivity index (χ0v) is 10.1. The monoisotopic (exact) mass is 232 g/mol. The molecule has 1 heterocycles. The maximum atomic E-state index is 12.1. The molecule has 1 aliphatic carbocycles. The van der Waals surface area contributed by atoms with Gasteiger partial charge in [0.1, 0.15) is 0 Å². The van der Waals surface area contributed by atoms with E-state index in [1.54, 1.807) is 4.31 Å². The third kappa shape index (κ3) is 1.70. The van der Waals surface area contributed by atoms with Gasteiger partial charge in [-0.3, -0.25) is 0 Å². The summed E-state index contributed by atoms with van der Waals surface area (Å²) in [6, 6.07) is 0. The van der Waals surface area contributed by atoms with Crippen LogP contribution in [0.1, 0.15) is 32.6 Å². The Kier molecular flexibility index (Phi) is 2.81. The second-order valence-electron chi connectivity index (χ2n) is 4.74. The van der Waals surface area contributed by atoms with E-state index >= 15 is 0 Å². The highest BCUT2D eigenvalue weighted by Gasteiger charge is 2.61. The SMILES string of the molecule is CCCS(=O)(=O)N1CCCC2CC21CN. The van der Waals surface area contributed by atoms with E-state index in [9.17, 15) is 8.42 Å². The van der Waals surface area contributed by atoms with E-state index in [-0.39, 0.29) is 11.3 Å². The van der Waals surface area contributed by atoms with Crippen LogP contribution in [0, 0.1) is 5.92 Å². The van der Waals surface area contributed by atoms with Crippen LogP contribution >= 0.6 is 0 Å². The van der Waals surface area contributed by atoms with Gasteiger partial charge in [0.15, 0.2) is 0 Å². The predicted octanol–water partition coefficient (Wildman–Crippen LogP) is 0.539. The van der Waals surface area contributed by atoms with Gasteiger partial charge < -0.3 is 5.73 Å². The molecule has 0 bridgehead atoms. The van der Waals surface area contributed by atoms with E-state index in [0.29, 0.717) is 25.4 Å². The molecule has 2 unspecified atom stereocenters. The van der Waals surface area contributed by atoms with E-state index in [1.807, 2.05) is 6.92 Å². The summed E-state index contributed by atoms with van der Waals surface area (Å²) in [6.07, 6.45) is 3.81. The summed E-state index contributed by atoms with van der Waals surface area (Å²) in [4.78, 5) is 0. The molecule has 0 amide bonds. The second kappa shape index (κ2) is 3.71. The van der Waals surface area contributed by atoms with Crippen LogP contribution in [0.4, 0.5) is 0 Å². The molecule has 0 radical (unpaired) electrons. The van der Waals surface area contributed by atoms with Gasteiger partial charge in [-0.2, -0.15) is 4.31 Å². The Morgan fingerprint density at radius 1 is 1.53 bits per heavy atom. The van der Waals surface area contributed by atoms with Crippen molar-refractivity contribution in [3.05, 3.63) is 0 Å². The number of hydrogen-bond acceptors (Lipinski definition) is 3. The molecule has 15 heavy (non-hydrogen) atoms. The topological polar surface area (TPSA) is 63.4 Å². The number of nitrogens with zero attached hydrogens (tertiary/aromatic N) is 1. The zero-order valence-electron chi connectivity index (χ0n) is 9.28. The molecule has 5 heteroatoms. The number of piperidine rings is 1. The summed E-state index contributed by atoms with van der Waals surface area (Å²) in [6.45, 7) is 3.07. The van der Waals surface area contributed by atoms with Gasteiger partial charge in [0, 0.05) is 13.1 Å². The lowest BCUT2D eigenvalue weighted by Crippen LogP contribution is -2.51. The lowest BCUT2D eigenvalue weighted by molar-refractivity contribution is 0.240. The molecule has 0 aromatic heterocycles. The van der Waals surface area contributed by atoms with Crippen LogP contribution in [0.15, 0.2) is 0 Å². The van der Waals surface area contributed by atoms with Crippen LogP contribution in [0.5, 0.6) is 0 Å². The quantitative estimate of drug-likeness (QED) is 0.769. The molecule has 2 fully saturated rings. The Balaban J connectivity index is 2.21. The Morgan fingerprint density at radius 2 is 2.27 bits per heavy atom. The normalized spacial score (nSPS) is 36.3.